The van der Waals surface area contributed by atoms with Gasteiger partial charge in [-0.2, -0.15) is 0 Å². The van der Waals surface area contributed by atoms with Crippen molar-refractivity contribution < 1.29 is 27.8 Å². The molecule has 0 unspecified atom stereocenters. The van der Waals surface area contributed by atoms with Gasteiger partial charge in [0.2, 0.25) is 0 Å². The van der Waals surface area contributed by atoms with Crippen molar-refractivity contribution in [1.29, 1.82) is 0 Å². The molecule has 25 heavy (non-hydrogen) atoms. The number of carboxylic acids is 1. The molecule has 4 N–H and O–H groups in total. The van der Waals surface area contributed by atoms with Crippen LogP contribution in [0.3, 0.4) is 0 Å². The van der Waals surface area contributed by atoms with E-state index in [1.807, 2.05) is 0 Å². The van der Waals surface area contributed by atoms with E-state index in [1.165, 1.54) is 18.5 Å². The molecule has 3 rings (SSSR count). The number of ether oxygens (including phenoxy) is 1. The standard InChI is InChI=1S/C8H5F3O3.C5H4N4O2/c9-8(10,11)14-6-4-2-1-3-5(6)7(12)13;10-4-2-3(7-1-6-2)8-5(11)9-4/h1-4H,(H,12,13);1H,(H3,6,7,8,9,10,11). The van der Waals surface area contributed by atoms with Crippen LogP contribution in [0.1, 0.15) is 10.4 Å². The molecular weight excluding hydrogens is 349 g/mol. The molecule has 12 heteroatoms. The van der Waals surface area contributed by atoms with Crippen LogP contribution in [0.2, 0.25) is 0 Å². The smallest absolute Gasteiger partial charge is 0.478 e. The van der Waals surface area contributed by atoms with Crippen LogP contribution in [0.15, 0.2) is 40.2 Å². The summed E-state index contributed by atoms with van der Waals surface area (Å²) in [4.78, 5) is 42.7. The van der Waals surface area contributed by atoms with Gasteiger partial charge in [-0.15, -0.1) is 13.2 Å². The number of aromatic carboxylic acids is 1. The normalized spacial score (nSPS) is 10.8. The number of fused-ring (bicyclic) bond motifs is 1. The monoisotopic (exact) mass is 358 g/mol. The maximum atomic E-state index is 11.8. The van der Waals surface area contributed by atoms with Crippen molar-refractivity contribution >= 4 is 17.1 Å². The number of nitrogens with zero attached hydrogens (tertiary/aromatic N) is 1. The lowest BCUT2D eigenvalue weighted by Gasteiger charge is -2.10. The molecule has 0 saturated carbocycles. The summed E-state index contributed by atoms with van der Waals surface area (Å²) in [6.45, 7) is 0. The summed E-state index contributed by atoms with van der Waals surface area (Å²) < 4.78 is 38.8. The number of alkyl halides is 3. The predicted octanol–water partition coefficient (Wildman–Crippen LogP) is 1.22. The highest BCUT2D eigenvalue weighted by atomic mass is 19.4. The quantitative estimate of drug-likeness (QED) is 0.543. The summed E-state index contributed by atoms with van der Waals surface area (Å²) in [6, 6.07) is 4.54. The molecule has 0 radical (unpaired) electrons. The number of H-pyrrole nitrogens is 3. The fourth-order valence-corrected chi connectivity index (χ4v) is 1.72. The molecule has 9 nitrogen and oxygen atoms in total. The van der Waals surface area contributed by atoms with E-state index in [-0.39, 0.29) is 11.2 Å². The van der Waals surface area contributed by atoms with Crippen LogP contribution in [-0.4, -0.2) is 37.4 Å². The Balaban J connectivity index is 0.000000185. The van der Waals surface area contributed by atoms with Gasteiger partial charge in [0.25, 0.3) is 5.56 Å². The minimum atomic E-state index is -4.88. The lowest BCUT2D eigenvalue weighted by Crippen LogP contribution is -2.21. The highest BCUT2D eigenvalue weighted by Gasteiger charge is 2.32. The number of nitrogens with one attached hydrogen (secondary N) is 3. The number of hydrogen-bond acceptors (Lipinski definition) is 5. The molecule has 0 saturated heterocycles. The van der Waals surface area contributed by atoms with Crippen LogP contribution in [-0.2, 0) is 0 Å². The Labute approximate surface area is 135 Å². The number of aromatic amines is 3. The summed E-state index contributed by atoms with van der Waals surface area (Å²) in [7, 11) is 0. The Hall–Kier alpha value is -3.57. The van der Waals surface area contributed by atoms with Gasteiger partial charge in [0.15, 0.2) is 5.65 Å². The van der Waals surface area contributed by atoms with Gasteiger partial charge in [0.1, 0.15) is 16.8 Å². The fourth-order valence-electron chi connectivity index (χ4n) is 1.72. The summed E-state index contributed by atoms with van der Waals surface area (Å²) >= 11 is 0. The first-order chi connectivity index (χ1) is 11.7. The predicted molar refractivity (Wildman–Crippen MR) is 77.4 cm³/mol. The molecule has 1 aromatic carbocycles. The number of hydrogen-bond donors (Lipinski definition) is 4. The van der Waals surface area contributed by atoms with E-state index in [2.05, 4.69) is 24.7 Å². The SMILES string of the molecule is O=C(O)c1ccccc1OC(F)(F)F.O=c1[nH]c(=O)c2[nH]cnc2[nH]1. The van der Waals surface area contributed by atoms with E-state index in [0.717, 1.165) is 12.1 Å². The Morgan fingerprint density at radius 1 is 1.16 bits per heavy atom. The van der Waals surface area contributed by atoms with Crippen molar-refractivity contribution in [2.24, 2.45) is 0 Å². The maximum absolute atomic E-state index is 11.8. The second-order valence-corrected chi connectivity index (χ2v) is 4.38. The second-order valence-electron chi connectivity index (χ2n) is 4.38. The van der Waals surface area contributed by atoms with Crippen LogP contribution in [0.4, 0.5) is 13.2 Å². The van der Waals surface area contributed by atoms with Crippen LogP contribution >= 0.6 is 0 Å². The van der Waals surface area contributed by atoms with E-state index in [4.69, 9.17) is 5.11 Å². The summed E-state index contributed by atoms with van der Waals surface area (Å²) in [6.07, 6.45) is -3.54. The zero-order valence-corrected chi connectivity index (χ0v) is 12.0. The molecule has 0 aliphatic rings. The average molecular weight is 358 g/mol. The zero-order chi connectivity index (χ0) is 18.6. The number of carboxylic acid groups (broad SMARTS) is 1. The minimum absolute atomic E-state index is 0.277. The molecule has 3 aromatic rings. The van der Waals surface area contributed by atoms with Crippen LogP contribution < -0.4 is 16.0 Å². The van der Waals surface area contributed by atoms with E-state index in [0.29, 0.717) is 0 Å². The van der Waals surface area contributed by atoms with Crippen molar-refractivity contribution in [2.75, 3.05) is 0 Å². The van der Waals surface area contributed by atoms with Crippen molar-refractivity contribution in [3.05, 3.63) is 57.0 Å². The maximum Gasteiger partial charge on any atom is 0.573 e. The molecule has 0 atom stereocenters. The Morgan fingerprint density at radius 3 is 2.48 bits per heavy atom. The van der Waals surface area contributed by atoms with E-state index in [1.54, 1.807) is 0 Å². The summed E-state index contributed by atoms with van der Waals surface area (Å²) in [5.41, 5.74) is -0.968. The number of aromatic nitrogens is 4. The Bertz CT molecular complexity index is 1000. The van der Waals surface area contributed by atoms with Crippen molar-refractivity contribution in [3.63, 3.8) is 0 Å². The molecule has 0 aliphatic heterocycles. The first-order valence-electron chi connectivity index (χ1n) is 6.41. The van der Waals surface area contributed by atoms with E-state index >= 15 is 0 Å². The number of carbonyl (C=O) groups is 1. The molecule has 0 fully saturated rings. The third kappa shape index (κ3) is 4.70. The molecular formula is C13H9F3N4O5. The molecule has 2 aromatic heterocycles. The molecule has 2 heterocycles. The van der Waals surface area contributed by atoms with Crippen LogP contribution in [0, 0.1) is 0 Å². The molecule has 0 aliphatic carbocycles. The Kier molecular flexibility index (Phi) is 4.91. The largest absolute Gasteiger partial charge is 0.573 e. The van der Waals surface area contributed by atoms with Gasteiger partial charge >= 0.3 is 18.0 Å². The lowest BCUT2D eigenvalue weighted by molar-refractivity contribution is -0.274. The van der Waals surface area contributed by atoms with Gasteiger partial charge in [-0.25, -0.2) is 14.6 Å². The topological polar surface area (TPSA) is 141 Å². The second kappa shape index (κ2) is 6.90. The highest BCUT2D eigenvalue weighted by Crippen LogP contribution is 2.25. The average Bonchev–Trinajstić information content (AvgIpc) is 2.95. The lowest BCUT2D eigenvalue weighted by atomic mass is 10.2. The number of benzene rings is 1. The first-order valence-corrected chi connectivity index (χ1v) is 6.41. The molecule has 0 amide bonds. The zero-order valence-electron chi connectivity index (χ0n) is 12.0. The fraction of sp³-hybridized carbons (Fsp3) is 0.0769. The molecule has 132 valence electrons. The van der Waals surface area contributed by atoms with Gasteiger partial charge in [-0.05, 0) is 12.1 Å². The van der Waals surface area contributed by atoms with Gasteiger partial charge in [-0.1, -0.05) is 12.1 Å². The first kappa shape index (κ1) is 17.8. The van der Waals surface area contributed by atoms with Crippen molar-refractivity contribution in [3.8, 4) is 5.75 Å². The van der Waals surface area contributed by atoms with Gasteiger partial charge in [-0.3, -0.25) is 14.8 Å². The van der Waals surface area contributed by atoms with Gasteiger partial charge < -0.3 is 14.8 Å². The molecule has 0 bridgehead atoms. The van der Waals surface area contributed by atoms with E-state index in [9.17, 15) is 27.6 Å². The Morgan fingerprint density at radius 2 is 1.84 bits per heavy atom. The van der Waals surface area contributed by atoms with Crippen LogP contribution in [0.5, 0.6) is 5.75 Å². The van der Waals surface area contributed by atoms with Crippen molar-refractivity contribution in [2.45, 2.75) is 6.36 Å². The third-order valence-corrected chi connectivity index (χ3v) is 2.67. The number of halogens is 3. The number of para-hydroxylation sites is 1. The summed E-state index contributed by atoms with van der Waals surface area (Å²) in [5.74, 6) is -2.18. The van der Waals surface area contributed by atoms with Crippen molar-refractivity contribution in [1.82, 2.24) is 19.9 Å². The summed E-state index contributed by atoms with van der Waals surface area (Å²) in [5, 5.41) is 8.52. The minimum Gasteiger partial charge on any atom is -0.478 e. The number of imidazole rings is 1. The van der Waals surface area contributed by atoms with E-state index < -0.39 is 34.9 Å². The third-order valence-electron chi connectivity index (χ3n) is 2.67. The van der Waals surface area contributed by atoms with Gasteiger partial charge in [0, 0.05) is 0 Å². The number of rotatable bonds is 2. The molecule has 0 spiro atoms. The van der Waals surface area contributed by atoms with Crippen LogP contribution in [0.25, 0.3) is 11.2 Å². The van der Waals surface area contributed by atoms with Gasteiger partial charge in [0.05, 0.1) is 6.33 Å². The highest BCUT2D eigenvalue weighted by molar-refractivity contribution is 5.90.